The summed E-state index contributed by atoms with van der Waals surface area (Å²) < 4.78 is 2.08. The van der Waals surface area contributed by atoms with E-state index in [0.717, 1.165) is 35.3 Å². The van der Waals surface area contributed by atoms with E-state index >= 15 is 0 Å². The van der Waals surface area contributed by atoms with Crippen molar-refractivity contribution < 1.29 is 0 Å². The van der Waals surface area contributed by atoms with Gasteiger partial charge < -0.3 is 0 Å². The third kappa shape index (κ3) is 1.50. The molecule has 25 heavy (non-hydrogen) atoms. The van der Waals surface area contributed by atoms with Crippen LogP contribution in [-0.2, 0) is 0 Å². The topological polar surface area (TPSA) is 17.8 Å². The molecule has 0 aliphatic heterocycles. The van der Waals surface area contributed by atoms with Crippen LogP contribution in [0.3, 0.4) is 0 Å². The van der Waals surface area contributed by atoms with E-state index < -0.39 is 0 Å². The van der Waals surface area contributed by atoms with Crippen LogP contribution in [0, 0.1) is 41.4 Å². The molecule has 1 aromatic heterocycles. The van der Waals surface area contributed by atoms with Crippen LogP contribution in [-0.4, -0.2) is 9.78 Å². The first kappa shape index (κ1) is 12.9. The molecule has 0 saturated heterocycles. The van der Waals surface area contributed by atoms with Crippen LogP contribution < -0.4 is 0 Å². The predicted octanol–water partition coefficient (Wildman–Crippen LogP) is 4.46. The molecule has 2 fully saturated rings. The number of nitrogens with zero attached hydrogens (tertiary/aromatic N) is 2. The molecule has 2 aromatic rings. The van der Waals surface area contributed by atoms with Gasteiger partial charge in [0.05, 0.1) is 11.4 Å². The number of para-hydroxylation sites is 1. The molecule has 6 unspecified atom stereocenters. The maximum absolute atomic E-state index is 4.89. The van der Waals surface area contributed by atoms with Crippen molar-refractivity contribution in [2.75, 3.05) is 0 Å². The number of benzene rings is 1. The van der Waals surface area contributed by atoms with Gasteiger partial charge in [0.1, 0.15) is 0 Å². The van der Waals surface area contributed by atoms with Crippen molar-refractivity contribution in [1.82, 2.24) is 9.78 Å². The number of aromatic nitrogens is 2. The first-order chi connectivity index (χ1) is 12.4. The van der Waals surface area contributed by atoms with Crippen molar-refractivity contribution in [3.8, 4) is 5.69 Å². The summed E-state index contributed by atoms with van der Waals surface area (Å²) in [7, 11) is 0. The van der Waals surface area contributed by atoms with Crippen molar-refractivity contribution in [1.29, 1.82) is 0 Å². The standard InChI is InChI=1S/C23H20N2/c1-2-4-14(5-3-1)25-12-18-19(24-25)11-10-17-20-13-6-8-15-16(9-7-13)21(15)23(20)22(17)18/h1-13,15-17,20-23H. The summed E-state index contributed by atoms with van der Waals surface area (Å²) in [6, 6.07) is 10.5. The third-order valence-corrected chi connectivity index (χ3v) is 7.54. The maximum Gasteiger partial charge on any atom is 0.0887 e. The average molecular weight is 324 g/mol. The fraction of sp³-hybridized carbons (Fsp3) is 0.348. The highest BCUT2D eigenvalue weighted by Gasteiger charge is 2.66. The van der Waals surface area contributed by atoms with Gasteiger partial charge in [-0.25, -0.2) is 4.68 Å². The van der Waals surface area contributed by atoms with Gasteiger partial charge in [0, 0.05) is 11.8 Å². The molecule has 6 atom stereocenters. The molecule has 1 heterocycles. The summed E-state index contributed by atoms with van der Waals surface area (Å²) in [5.74, 6) is 6.20. The van der Waals surface area contributed by atoms with Gasteiger partial charge in [-0.05, 0) is 65.6 Å². The molecule has 0 radical (unpaired) electrons. The summed E-state index contributed by atoms with van der Waals surface area (Å²) in [5.41, 5.74) is 3.84. The first-order valence-electron chi connectivity index (χ1n) is 9.60. The maximum atomic E-state index is 4.89. The Balaban J connectivity index is 1.33. The highest BCUT2D eigenvalue weighted by Crippen LogP contribution is 2.72. The lowest BCUT2D eigenvalue weighted by Crippen LogP contribution is -2.48. The molecule has 2 saturated carbocycles. The molecule has 6 aliphatic rings. The molecule has 8 rings (SSSR count). The smallest absolute Gasteiger partial charge is 0.0887 e. The van der Waals surface area contributed by atoms with E-state index in [1.807, 2.05) is 0 Å². The minimum atomic E-state index is 0.654. The number of hydrogen-bond donors (Lipinski definition) is 0. The minimum absolute atomic E-state index is 0.654. The number of rotatable bonds is 1. The van der Waals surface area contributed by atoms with Crippen molar-refractivity contribution >= 4 is 6.08 Å². The fourth-order valence-corrected chi connectivity index (χ4v) is 6.47. The van der Waals surface area contributed by atoms with Gasteiger partial charge >= 0.3 is 0 Å². The van der Waals surface area contributed by atoms with E-state index in [1.54, 1.807) is 0 Å². The quantitative estimate of drug-likeness (QED) is 0.708. The van der Waals surface area contributed by atoms with Crippen LogP contribution in [0.25, 0.3) is 11.8 Å². The third-order valence-electron chi connectivity index (χ3n) is 7.54. The molecule has 2 nitrogen and oxygen atoms in total. The Kier molecular flexibility index (Phi) is 2.19. The Hall–Kier alpha value is -2.35. The van der Waals surface area contributed by atoms with Gasteiger partial charge in [-0.2, -0.15) is 5.10 Å². The van der Waals surface area contributed by atoms with E-state index in [0.29, 0.717) is 17.8 Å². The molecule has 2 heteroatoms. The largest absolute Gasteiger partial charge is 0.240 e. The van der Waals surface area contributed by atoms with E-state index in [1.165, 1.54) is 11.3 Å². The van der Waals surface area contributed by atoms with Crippen molar-refractivity contribution in [2.45, 2.75) is 5.92 Å². The highest BCUT2D eigenvalue weighted by atomic mass is 15.3. The second-order valence-electron chi connectivity index (χ2n) is 8.45. The zero-order valence-electron chi connectivity index (χ0n) is 13.9. The molecular weight excluding hydrogens is 304 g/mol. The molecule has 6 aliphatic carbocycles. The minimum Gasteiger partial charge on any atom is -0.240 e. The average Bonchev–Trinajstić information content (AvgIpc) is 3.25. The Morgan fingerprint density at radius 2 is 1.56 bits per heavy atom. The molecule has 0 N–H and O–H groups in total. The highest BCUT2D eigenvalue weighted by molar-refractivity contribution is 5.58. The van der Waals surface area contributed by atoms with Gasteiger partial charge in [0.15, 0.2) is 0 Å². The zero-order valence-corrected chi connectivity index (χ0v) is 13.9. The first-order valence-corrected chi connectivity index (χ1v) is 9.60. The van der Waals surface area contributed by atoms with Gasteiger partial charge in [-0.3, -0.25) is 0 Å². The molecule has 0 spiro atoms. The summed E-state index contributed by atoms with van der Waals surface area (Å²) in [5, 5.41) is 4.89. The molecular formula is C23H20N2. The number of allylic oxidation sites excluding steroid dienone is 5. The lowest BCUT2D eigenvalue weighted by Gasteiger charge is -2.54. The van der Waals surface area contributed by atoms with Crippen LogP contribution in [0.5, 0.6) is 0 Å². The molecule has 0 amide bonds. The van der Waals surface area contributed by atoms with E-state index in [9.17, 15) is 0 Å². The van der Waals surface area contributed by atoms with Gasteiger partial charge in [0.25, 0.3) is 0 Å². The monoisotopic (exact) mass is 324 g/mol. The van der Waals surface area contributed by atoms with E-state index in [2.05, 4.69) is 77.7 Å². The second-order valence-corrected chi connectivity index (χ2v) is 8.45. The number of fused-ring (bicyclic) bond motifs is 3. The summed E-state index contributed by atoms with van der Waals surface area (Å²) in [6.45, 7) is 0. The summed E-state index contributed by atoms with van der Waals surface area (Å²) in [6.07, 6.45) is 17.1. The lowest BCUT2D eigenvalue weighted by atomic mass is 9.49. The molecule has 4 bridgehead atoms. The second kappa shape index (κ2) is 4.24. The predicted molar refractivity (Wildman–Crippen MR) is 98.0 cm³/mol. The number of hydrogen-bond acceptors (Lipinski definition) is 1. The van der Waals surface area contributed by atoms with Crippen molar-refractivity contribution in [3.05, 3.63) is 78.2 Å². The zero-order chi connectivity index (χ0) is 16.1. The summed E-state index contributed by atoms with van der Waals surface area (Å²) >= 11 is 0. The van der Waals surface area contributed by atoms with Crippen LogP contribution in [0.1, 0.15) is 17.2 Å². The van der Waals surface area contributed by atoms with Crippen molar-refractivity contribution in [2.24, 2.45) is 41.4 Å². The van der Waals surface area contributed by atoms with E-state index in [4.69, 9.17) is 5.10 Å². The van der Waals surface area contributed by atoms with Crippen molar-refractivity contribution in [3.63, 3.8) is 0 Å². The van der Waals surface area contributed by atoms with Gasteiger partial charge in [-0.1, -0.05) is 48.6 Å². The Morgan fingerprint density at radius 1 is 0.760 bits per heavy atom. The van der Waals surface area contributed by atoms with Crippen LogP contribution in [0.15, 0.2) is 66.9 Å². The Bertz CT molecular complexity index is 943. The van der Waals surface area contributed by atoms with Gasteiger partial charge in [-0.15, -0.1) is 0 Å². The Morgan fingerprint density at radius 3 is 2.36 bits per heavy atom. The molecule has 1 aromatic carbocycles. The fourth-order valence-electron chi connectivity index (χ4n) is 6.47. The molecule has 122 valence electrons. The lowest BCUT2D eigenvalue weighted by molar-refractivity contribution is 0.0270. The SMILES string of the molecule is C1=CC2C(c3cn(-c4ccccc4)nc31)C1C2C2C=CC3C(C=C2)C31. The van der Waals surface area contributed by atoms with Crippen LogP contribution >= 0.6 is 0 Å². The van der Waals surface area contributed by atoms with E-state index in [-0.39, 0.29) is 0 Å². The summed E-state index contributed by atoms with van der Waals surface area (Å²) in [4.78, 5) is 0. The van der Waals surface area contributed by atoms with Gasteiger partial charge in [0.2, 0.25) is 0 Å². The van der Waals surface area contributed by atoms with Crippen LogP contribution in [0.2, 0.25) is 0 Å². The Labute approximate surface area is 147 Å². The normalized spacial score (nSPS) is 43.5. The van der Waals surface area contributed by atoms with Crippen LogP contribution in [0.4, 0.5) is 0 Å².